The first-order chi connectivity index (χ1) is 8.56. The molecular formula is C13H21NO4. The first-order valence-corrected chi connectivity index (χ1v) is 6.17. The largest absolute Gasteiger partial charge is 0.466 e. The molecule has 18 heavy (non-hydrogen) atoms. The van der Waals surface area contributed by atoms with E-state index < -0.39 is 5.60 Å². The smallest absolute Gasteiger partial charge is 0.246 e. The fourth-order valence-electron chi connectivity index (χ4n) is 1.41. The number of carbonyl (C=O) groups excluding carboxylic acids is 1. The van der Waals surface area contributed by atoms with Gasteiger partial charge in [-0.05, 0) is 25.5 Å². The minimum atomic E-state index is -1.21. The number of unbranched alkanes of at least 4 members (excludes halogenated alkanes) is 1. The first-order valence-electron chi connectivity index (χ1n) is 6.17. The summed E-state index contributed by atoms with van der Waals surface area (Å²) in [6.07, 6.45) is 3.46. The predicted molar refractivity (Wildman–Crippen MR) is 67.0 cm³/mol. The Bertz CT molecular complexity index is 346. The fourth-order valence-corrected chi connectivity index (χ4v) is 1.41. The van der Waals surface area contributed by atoms with E-state index in [0.717, 1.165) is 12.8 Å². The van der Waals surface area contributed by atoms with E-state index in [1.807, 2.05) is 0 Å². The van der Waals surface area contributed by atoms with Crippen molar-refractivity contribution < 1.29 is 19.1 Å². The lowest BCUT2D eigenvalue weighted by molar-refractivity contribution is -0.127. The summed E-state index contributed by atoms with van der Waals surface area (Å²) in [4.78, 5) is 11.4. The van der Waals surface area contributed by atoms with Crippen molar-refractivity contribution in [2.24, 2.45) is 0 Å². The van der Waals surface area contributed by atoms with Crippen LogP contribution in [0.3, 0.4) is 0 Å². The van der Waals surface area contributed by atoms with E-state index in [0.29, 0.717) is 12.4 Å². The third kappa shape index (κ3) is 4.89. The topological polar surface area (TPSA) is 71.7 Å². The molecule has 102 valence electrons. The third-order valence-corrected chi connectivity index (χ3v) is 2.56. The summed E-state index contributed by atoms with van der Waals surface area (Å²) in [5.74, 6) is 0.188. The Kier molecular flexibility index (Phi) is 5.88. The first kappa shape index (κ1) is 14.7. The van der Waals surface area contributed by atoms with E-state index in [9.17, 15) is 9.90 Å². The highest BCUT2D eigenvalue weighted by molar-refractivity contribution is 5.77. The van der Waals surface area contributed by atoms with Gasteiger partial charge in [0.1, 0.15) is 18.0 Å². The molecule has 0 aliphatic heterocycles. The van der Waals surface area contributed by atoms with Gasteiger partial charge >= 0.3 is 0 Å². The van der Waals surface area contributed by atoms with Gasteiger partial charge in [0.05, 0.1) is 12.8 Å². The van der Waals surface area contributed by atoms with Crippen molar-refractivity contribution >= 4 is 5.91 Å². The molecular weight excluding hydrogens is 234 g/mol. The van der Waals surface area contributed by atoms with Crippen LogP contribution in [0.15, 0.2) is 22.8 Å². The van der Waals surface area contributed by atoms with Crippen LogP contribution in [0.4, 0.5) is 0 Å². The van der Waals surface area contributed by atoms with E-state index in [2.05, 4.69) is 12.2 Å². The van der Waals surface area contributed by atoms with Crippen LogP contribution in [0.25, 0.3) is 0 Å². The van der Waals surface area contributed by atoms with Gasteiger partial charge in [0.15, 0.2) is 0 Å². The molecule has 0 spiro atoms. The Hall–Kier alpha value is -1.33. The molecule has 0 saturated carbocycles. The SMILES string of the molecule is CCCCOCC(=O)NCC(C)(O)c1ccco1. The highest BCUT2D eigenvalue weighted by atomic mass is 16.5. The highest BCUT2D eigenvalue weighted by Crippen LogP contribution is 2.19. The maximum absolute atomic E-state index is 11.4. The number of furan rings is 1. The monoisotopic (exact) mass is 255 g/mol. The molecule has 1 unspecified atom stereocenters. The second kappa shape index (κ2) is 7.18. The molecule has 0 saturated heterocycles. The van der Waals surface area contributed by atoms with Gasteiger partial charge in [0.25, 0.3) is 0 Å². The molecule has 0 radical (unpaired) electrons. The van der Waals surface area contributed by atoms with Crippen LogP contribution in [0.5, 0.6) is 0 Å². The van der Waals surface area contributed by atoms with E-state index in [1.54, 1.807) is 19.1 Å². The van der Waals surface area contributed by atoms with Gasteiger partial charge in [0.2, 0.25) is 5.91 Å². The molecule has 0 bridgehead atoms. The average Bonchev–Trinajstić information content (AvgIpc) is 2.87. The maximum Gasteiger partial charge on any atom is 0.246 e. The quantitative estimate of drug-likeness (QED) is 0.689. The summed E-state index contributed by atoms with van der Waals surface area (Å²) in [5, 5.41) is 12.7. The van der Waals surface area contributed by atoms with Gasteiger partial charge in [-0.3, -0.25) is 4.79 Å². The molecule has 1 atom stereocenters. The molecule has 5 nitrogen and oxygen atoms in total. The number of carbonyl (C=O) groups is 1. The zero-order valence-electron chi connectivity index (χ0n) is 10.9. The van der Waals surface area contributed by atoms with Crippen LogP contribution in [0.2, 0.25) is 0 Å². The van der Waals surface area contributed by atoms with Crippen molar-refractivity contribution in [2.45, 2.75) is 32.3 Å². The molecule has 1 rings (SSSR count). The molecule has 1 aromatic rings. The Morgan fingerprint density at radius 1 is 1.61 bits per heavy atom. The molecule has 0 aliphatic rings. The van der Waals surface area contributed by atoms with Crippen molar-refractivity contribution in [1.29, 1.82) is 0 Å². The second-order valence-electron chi connectivity index (χ2n) is 4.43. The minimum Gasteiger partial charge on any atom is -0.466 e. The highest BCUT2D eigenvalue weighted by Gasteiger charge is 2.26. The summed E-state index contributed by atoms with van der Waals surface area (Å²) in [6.45, 7) is 4.34. The van der Waals surface area contributed by atoms with Gasteiger partial charge in [-0.15, -0.1) is 0 Å². The van der Waals surface area contributed by atoms with Crippen LogP contribution in [0, 0.1) is 0 Å². The summed E-state index contributed by atoms with van der Waals surface area (Å²) in [5.41, 5.74) is -1.21. The molecule has 2 N–H and O–H groups in total. The van der Waals surface area contributed by atoms with Crippen LogP contribution in [-0.2, 0) is 15.1 Å². The van der Waals surface area contributed by atoms with E-state index in [1.165, 1.54) is 6.26 Å². The summed E-state index contributed by atoms with van der Waals surface area (Å²) in [7, 11) is 0. The normalized spacial score (nSPS) is 14.2. The third-order valence-electron chi connectivity index (χ3n) is 2.56. The van der Waals surface area contributed by atoms with Crippen molar-refractivity contribution in [1.82, 2.24) is 5.32 Å². The average molecular weight is 255 g/mol. The van der Waals surface area contributed by atoms with Gasteiger partial charge in [-0.1, -0.05) is 13.3 Å². The van der Waals surface area contributed by atoms with Crippen molar-refractivity contribution in [2.75, 3.05) is 19.8 Å². The summed E-state index contributed by atoms with van der Waals surface area (Å²) in [6, 6.07) is 3.36. The standard InChI is InChI=1S/C13H21NO4/c1-3-4-7-17-9-12(15)14-10-13(2,16)11-6-5-8-18-11/h5-6,8,16H,3-4,7,9-10H2,1-2H3,(H,14,15). The number of hydrogen-bond acceptors (Lipinski definition) is 4. The number of ether oxygens (including phenoxy) is 1. The number of nitrogens with one attached hydrogen (secondary N) is 1. The number of amides is 1. The van der Waals surface area contributed by atoms with Crippen LogP contribution < -0.4 is 5.32 Å². The summed E-state index contributed by atoms with van der Waals surface area (Å²) < 4.78 is 10.3. The summed E-state index contributed by atoms with van der Waals surface area (Å²) >= 11 is 0. The molecule has 0 aromatic carbocycles. The number of rotatable bonds is 8. The molecule has 1 amide bonds. The van der Waals surface area contributed by atoms with E-state index in [-0.39, 0.29) is 19.1 Å². The molecule has 5 heteroatoms. The lowest BCUT2D eigenvalue weighted by Gasteiger charge is -2.21. The number of hydrogen-bond donors (Lipinski definition) is 2. The fraction of sp³-hybridized carbons (Fsp3) is 0.615. The van der Waals surface area contributed by atoms with Crippen molar-refractivity contribution in [3.05, 3.63) is 24.2 Å². The lowest BCUT2D eigenvalue weighted by Crippen LogP contribution is -2.39. The second-order valence-corrected chi connectivity index (χ2v) is 4.43. The predicted octanol–water partition coefficient (Wildman–Crippen LogP) is 1.42. The lowest BCUT2D eigenvalue weighted by atomic mass is 10.0. The molecule has 0 aliphatic carbocycles. The zero-order chi connectivity index (χ0) is 13.4. The Morgan fingerprint density at radius 2 is 2.39 bits per heavy atom. The molecule has 1 aromatic heterocycles. The van der Waals surface area contributed by atoms with Crippen molar-refractivity contribution in [3.8, 4) is 0 Å². The van der Waals surface area contributed by atoms with Gasteiger partial charge < -0.3 is 19.6 Å². The van der Waals surface area contributed by atoms with Crippen LogP contribution in [0.1, 0.15) is 32.4 Å². The van der Waals surface area contributed by atoms with Crippen LogP contribution >= 0.6 is 0 Å². The van der Waals surface area contributed by atoms with Gasteiger partial charge in [-0.25, -0.2) is 0 Å². The Balaban J connectivity index is 2.25. The molecule has 1 heterocycles. The van der Waals surface area contributed by atoms with Gasteiger partial charge in [-0.2, -0.15) is 0 Å². The van der Waals surface area contributed by atoms with E-state index >= 15 is 0 Å². The number of aliphatic hydroxyl groups is 1. The zero-order valence-corrected chi connectivity index (χ0v) is 10.9. The van der Waals surface area contributed by atoms with Crippen molar-refractivity contribution in [3.63, 3.8) is 0 Å². The van der Waals surface area contributed by atoms with Crippen LogP contribution in [-0.4, -0.2) is 30.8 Å². The minimum absolute atomic E-state index is 0.0221. The maximum atomic E-state index is 11.4. The van der Waals surface area contributed by atoms with Gasteiger partial charge in [0, 0.05) is 6.61 Å². The van der Waals surface area contributed by atoms with E-state index in [4.69, 9.17) is 9.15 Å². The Morgan fingerprint density at radius 3 is 3.00 bits per heavy atom. The Labute approximate surface area is 107 Å². The molecule has 0 fully saturated rings.